The molecule has 0 fully saturated rings. The number of amides is 1. The summed E-state index contributed by atoms with van der Waals surface area (Å²) < 4.78 is 0. The van der Waals surface area contributed by atoms with Gasteiger partial charge in [0.25, 0.3) is 5.91 Å². The molecule has 0 bridgehead atoms. The molecule has 1 rings (SSSR count). The molecule has 0 unspecified atom stereocenters. The van der Waals surface area contributed by atoms with Crippen molar-refractivity contribution in [3.8, 4) is 0 Å². The highest BCUT2D eigenvalue weighted by molar-refractivity contribution is 7.97. The van der Waals surface area contributed by atoms with E-state index in [1.807, 2.05) is 38.2 Å². The quantitative estimate of drug-likeness (QED) is 0.782. The molecule has 15 heavy (non-hydrogen) atoms. The Morgan fingerprint density at radius 2 is 1.93 bits per heavy atom. The molecule has 1 aromatic carbocycles. The van der Waals surface area contributed by atoms with Gasteiger partial charge in [-0.3, -0.25) is 4.79 Å². The molecule has 0 N–H and O–H groups in total. The van der Waals surface area contributed by atoms with E-state index in [0.717, 1.165) is 17.9 Å². The Labute approximate surface area is 95.7 Å². The molecule has 1 amide bonds. The minimum atomic E-state index is 0.0909. The Balaban J connectivity index is 2.75. The highest BCUT2D eigenvalue weighted by Gasteiger charge is 2.08. The second kappa shape index (κ2) is 5.81. The maximum Gasteiger partial charge on any atom is 0.253 e. The number of nitrogens with zero attached hydrogens (tertiary/aromatic N) is 1. The summed E-state index contributed by atoms with van der Waals surface area (Å²) in [4.78, 5) is 13.5. The first-order chi connectivity index (χ1) is 7.19. The molecule has 3 heteroatoms. The number of benzene rings is 1. The highest BCUT2D eigenvalue weighted by atomic mass is 32.2. The van der Waals surface area contributed by atoms with E-state index in [1.54, 1.807) is 16.7 Å². The minimum absolute atomic E-state index is 0.0909. The molecule has 0 aliphatic heterocycles. The summed E-state index contributed by atoms with van der Waals surface area (Å²) in [5.41, 5.74) is 2.03. The Kier molecular flexibility index (Phi) is 4.69. The van der Waals surface area contributed by atoms with Crippen LogP contribution in [0.1, 0.15) is 22.8 Å². The Hall–Kier alpha value is -0.960. The molecule has 1 aromatic rings. The number of thioether (sulfide) groups is 1. The molecule has 0 aliphatic carbocycles. The third-order valence-electron chi connectivity index (χ3n) is 2.33. The lowest BCUT2D eigenvalue weighted by Crippen LogP contribution is -2.26. The van der Waals surface area contributed by atoms with E-state index in [9.17, 15) is 4.79 Å². The fourth-order valence-electron chi connectivity index (χ4n) is 1.27. The first-order valence-electron chi connectivity index (χ1n) is 5.02. The monoisotopic (exact) mass is 223 g/mol. The smallest absolute Gasteiger partial charge is 0.253 e. The van der Waals surface area contributed by atoms with E-state index >= 15 is 0 Å². The van der Waals surface area contributed by atoms with Crippen molar-refractivity contribution in [3.63, 3.8) is 0 Å². The summed E-state index contributed by atoms with van der Waals surface area (Å²) in [5, 5.41) is 0. The molecule has 0 radical (unpaired) electrons. The zero-order valence-corrected chi connectivity index (χ0v) is 10.3. The number of rotatable bonds is 4. The Morgan fingerprint density at radius 3 is 2.40 bits per heavy atom. The molecule has 0 aliphatic rings. The van der Waals surface area contributed by atoms with Crippen LogP contribution in [0.25, 0.3) is 0 Å². The second-order valence-corrected chi connectivity index (χ2v) is 4.32. The van der Waals surface area contributed by atoms with Gasteiger partial charge in [-0.15, -0.1) is 0 Å². The molecule has 0 atom stereocenters. The lowest BCUT2D eigenvalue weighted by atomic mass is 10.1. The first kappa shape index (κ1) is 12.1. The normalized spacial score (nSPS) is 10.1. The van der Waals surface area contributed by atoms with Crippen LogP contribution in [0.2, 0.25) is 0 Å². The van der Waals surface area contributed by atoms with Crippen molar-refractivity contribution in [3.05, 3.63) is 35.4 Å². The van der Waals surface area contributed by atoms with Crippen LogP contribution in [0.4, 0.5) is 0 Å². The standard InChI is InChI=1S/C12H17NOS/c1-4-13(2)12(14)11-7-5-10(6-8-11)9-15-3/h5-8H,4,9H2,1-3H3. The molecule has 0 saturated heterocycles. The van der Waals surface area contributed by atoms with E-state index in [0.29, 0.717) is 0 Å². The van der Waals surface area contributed by atoms with Crippen LogP contribution in [0.3, 0.4) is 0 Å². The van der Waals surface area contributed by atoms with Crippen LogP contribution in [-0.4, -0.2) is 30.7 Å². The van der Waals surface area contributed by atoms with Crippen molar-refractivity contribution >= 4 is 17.7 Å². The maximum absolute atomic E-state index is 11.8. The third kappa shape index (κ3) is 3.27. The van der Waals surface area contributed by atoms with Crippen LogP contribution in [0.15, 0.2) is 24.3 Å². The fraction of sp³-hybridized carbons (Fsp3) is 0.417. The lowest BCUT2D eigenvalue weighted by molar-refractivity contribution is 0.0802. The molecular weight excluding hydrogens is 206 g/mol. The van der Waals surface area contributed by atoms with E-state index in [4.69, 9.17) is 0 Å². The SMILES string of the molecule is CCN(C)C(=O)c1ccc(CSC)cc1. The van der Waals surface area contributed by atoms with Crippen molar-refractivity contribution < 1.29 is 4.79 Å². The second-order valence-electron chi connectivity index (χ2n) is 3.45. The zero-order chi connectivity index (χ0) is 11.3. The van der Waals surface area contributed by atoms with Crippen molar-refractivity contribution in [2.24, 2.45) is 0 Å². The molecular formula is C12H17NOS. The van der Waals surface area contributed by atoms with E-state index < -0.39 is 0 Å². The van der Waals surface area contributed by atoms with Crippen LogP contribution >= 0.6 is 11.8 Å². The van der Waals surface area contributed by atoms with E-state index in [2.05, 4.69) is 6.26 Å². The number of hydrogen-bond acceptors (Lipinski definition) is 2. The van der Waals surface area contributed by atoms with Gasteiger partial charge in [0.2, 0.25) is 0 Å². The molecule has 0 spiro atoms. The van der Waals surface area contributed by atoms with Crippen LogP contribution in [-0.2, 0) is 5.75 Å². The van der Waals surface area contributed by atoms with Gasteiger partial charge in [-0.25, -0.2) is 0 Å². The summed E-state index contributed by atoms with van der Waals surface area (Å²) in [6, 6.07) is 7.85. The van der Waals surface area contributed by atoms with Gasteiger partial charge in [0.15, 0.2) is 0 Å². The Morgan fingerprint density at radius 1 is 1.33 bits per heavy atom. The van der Waals surface area contributed by atoms with Gasteiger partial charge in [0.05, 0.1) is 0 Å². The maximum atomic E-state index is 11.8. The highest BCUT2D eigenvalue weighted by Crippen LogP contribution is 2.11. The van der Waals surface area contributed by atoms with Crippen LogP contribution < -0.4 is 0 Å². The van der Waals surface area contributed by atoms with Gasteiger partial charge in [-0.2, -0.15) is 11.8 Å². The average molecular weight is 223 g/mol. The summed E-state index contributed by atoms with van der Waals surface area (Å²) in [5.74, 6) is 1.09. The average Bonchev–Trinajstić information content (AvgIpc) is 2.28. The number of carbonyl (C=O) groups is 1. The zero-order valence-electron chi connectivity index (χ0n) is 9.49. The predicted molar refractivity (Wildman–Crippen MR) is 66.3 cm³/mol. The fourth-order valence-corrected chi connectivity index (χ4v) is 1.80. The van der Waals surface area contributed by atoms with E-state index in [-0.39, 0.29) is 5.91 Å². The van der Waals surface area contributed by atoms with Crippen molar-refractivity contribution in [2.45, 2.75) is 12.7 Å². The minimum Gasteiger partial charge on any atom is -0.342 e. The lowest BCUT2D eigenvalue weighted by Gasteiger charge is -2.14. The Bertz CT molecular complexity index is 321. The van der Waals surface area contributed by atoms with Gasteiger partial charge in [-0.05, 0) is 30.9 Å². The van der Waals surface area contributed by atoms with Crippen molar-refractivity contribution in [1.29, 1.82) is 0 Å². The van der Waals surface area contributed by atoms with Crippen LogP contribution in [0, 0.1) is 0 Å². The predicted octanol–water partition coefficient (Wildman–Crippen LogP) is 2.64. The summed E-state index contributed by atoms with van der Waals surface area (Å²) in [6.07, 6.45) is 2.07. The third-order valence-corrected chi connectivity index (χ3v) is 2.95. The van der Waals surface area contributed by atoms with Gasteiger partial charge < -0.3 is 4.90 Å². The molecule has 82 valence electrons. The molecule has 0 saturated carbocycles. The first-order valence-corrected chi connectivity index (χ1v) is 6.41. The summed E-state index contributed by atoms with van der Waals surface area (Å²) >= 11 is 1.78. The van der Waals surface area contributed by atoms with Crippen molar-refractivity contribution in [1.82, 2.24) is 4.90 Å². The largest absolute Gasteiger partial charge is 0.342 e. The number of hydrogen-bond donors (Lipinski definition) is 0. The van der Waals surface area contributed by atoms with Gasteiger partial charge >= 0.3 is 0 Å². The summed E-state index contributed by atoms with van der Waals surface area (Å²) in [7, 11) is 1.82. The van der Waals surface area contributed by atoms with Gasteiger partial charge in [0, 0.05) is 24.9 Å². The van der Waals surface area contributed by atoms with Gasteiger partial charge in [0.1, 0.15) is 0 Å². The molecule has 0 aromatic heterocycles. The molecule has 2 nitrogen and oxygen atoms in total. The topological polar surface area (TPSA) is 20.3 Å². The summed E-state index contributed by atoms with van der Waals surface area (Å²) in [6.45, 7) is 2.71. The molecule has 0 heterocycles. The van der Waals surface area contributed by atoms with E-state index in [1.165, 1.54) is 5.56 Å². The van der Waals surface area contributed by atoms with Crippen LogP contribution in [0.5, 0.6) is 0 Å². The van der Waals surface area contributed by atoms with Crippen molar-refractivity contribution in [2.75, 3.05) is 19.8 Å². The number of carbonyl (C=O) groups excluding carboxylic acids is 1. The van der Waals surface area contributed by atoms with Gasteiger partial charge in [-0.1, -0.05) is 12.1 Å².